The molecule has 4 heteroatoms. The SMILES string of the molecule is NCC1(C(=O)c2ccc(Br)cc2)COC1. The Hall–Kier alpha value is -0.710. The largest absolute Gasteiger partial charge is 0.379 e. The van der Waals surface area contributed by atoms with Crippen molar-refractivity contribution in [1.29, 1.82) is 0 Å². The fourth-order valence-electron chi connectivity index (χ4n) is 1.60. The van der Waals surface area contributed by atoms with Gasteiger partial charge in [-0.15, -0.1) is 0 Å². The minimum Gasteiger partial charge on any atom is -0.379 e. The van der Waals surface area contributed by atoms with Crippen LogP contribution in [-0.2, 0) is 4.74 Å². The number of halogens is 1. The maximum Gasteiger partial charge on any atom is 0.174 e. The third-order valence-corrected chi connectivity index (χ3v) is 3.26. The van der Waals surface area contributed by atoms with Crippen molar-refractivity contribution in [2.75, 3.05) is 19.8 Å². The first-order chi connectivity index (χ1) is 7.18. The summed E-state index contributed by atoms with van der Waals surface area (Å²) >= 11 is 3.33. The normalized spacial score (nSPS) is 18.3. The third kappa shape index (κ3) is 1.85. The van der Waals surface area contributed by atoms with Gasteiger partial charge in [0.25, 0.3) is 0 Å². The van der Waals surface area contributed by atoms with E-state index in [-0.39, 0.29) is 5.78 Å². The predicted molar refractivity (Wildman–Crippen MR) is 60.8 cm³/mol. The van der Waals surface area contributed by atoms with Gasteiger partial charge in [-0.05, 0) is 12.1 Å². The summed E-state index contributed by atoms with van der Waals surface area (Å²) in [4.78, 5) is 12.1. The van der Waals surface area contributed by atoms with Crippen LogP contribution in [0.4, 0.5) is 0 Å². The monoisotopic (exact) mass is 269 g/mol. The Balaban J connectivity index is 2.24. The van der Waals surface area contributed by atoms with E-state index in [1.54, 1.807) is 0 Å². The predicted octanol–water partition coefficient (Wildman–Crippen LogP) is 1.61. The van der Waals surface area contributed by atoms with E-state index < -0.39 is 5.41 Å². The quantitative estimate of drug-likeness (QED) is 0.849. The zero-order chi connectivity index (χ0) is 10.9. The Labute approximate surface area is 96.7 Å². The van der Waals surface area contributed by atoms with Crippen LogP contribution in [0, 0.1) is 5.41 Å². The summed E-state index contributed by atoms with van der Waals surface area (Å²) in [6, 6.07) is 7.33. The molecule has 1 aromatic rings. The molecule has 0 atom stereocenters. The maximum absolute atomic E-state index is 12.1. The van der Waals surface area contributed by atoms with Crippen molar-refractivity contribution in [3.05, 3.63) is 34.3 Å². The standard InChI is InChI=1S/C11H12BrNO2/c12-9-3-1-8(2-4-9)10(14)11(5-13)6-15-7-11/h1-4H,5-7,13H2. The molecule has 0 unspecified atom stereocenters. The first-order valence-corrected chi connectivity index (χ1v) is 5.55. The Morgan fingerprint density at radius 3 is 2.40 bits per heavy atom. The van der Waals surface area contributed by atoms with Crippen molar-refractivity contribution < 1.29 is 9.53 Å². The molecule has 80 valence electrons. The average molecular weight is 270 g/mol. The molecule has 0 radical (unpaired) electrons. The van der Waals surface area contributed by atoms with Crippen molar-refractivity contribution in [2.24, 2.45) is 11.1 Å². The zero-order valence-electron chi connectivity index (χ0n) is 8.20. The molecule has 1 saturated heterocycles. The highest BCUT2D eigenvalue weighted by Gasteiger charge is 2.44. The summed E-state index contributed by atoms with van der Waals surface area (Å²) in [7, 11) is 0. The van der Waals surface area contributed by atoms with Crippen LogP contribution >= 0.6 is 15.9 Å². The van der Waals surface area contributed by atoms with Gasteiger partial charge < -0.3 is 10.5 Å². The van der Waals surface area contributed by atoms with Gasteiger partial charge in [-0.1, -0.05) is 28.1 Å². The minimum atomic E-state index is -0.478. The topological polar surface area (TPSA) is 52.3 Å². The van der Waals surface area contributed by atoms with Gasteiger partial charge in [0.15, 0.2) is 5.78 Å². The van der Waals surface area contributed by atoms with Crippen LogP contribution in [0.1, 0.15) is 10.4 Å². The molecule has 2 rings (SSSR count). The molecule has 2 N–H and O–H groups in total. The fraction of sp³-hybridized carbons (Fsp3) is 0.364. The van der Waals surface area contributed by atoms with Gasteiger partial charge in [-0.25, -0.2) is 0 Å². The first kappa shape index (κ1) is 10.8. The number of carbonyl (C=O) groups excluding carboxylic acids is 1. The van der Waals surface area contributed by atoms with Gasteiger partial charge in [-0.3, -0.25) is 4.79 Å². The van der Waals surface area contributed by atoms with Crippen molar-refractivity contribution in [2.45, 2.75) is 0 Å². The van der Waals surface area contributed by atoms with Gasteiger partial charge in [0.2, 0.25) is 0 Å². The summed E-state index contributed by atoms with van der Waals surface area (Å²) in [6.07, 6.45) is 0. The Bertz CT molecular complexity index is 365. The molecule has 0 bridgehead atoms. The lowest BCUT2D eigenvalue weighted by Crippen LogP contribution is -2.54. The highest BCUT2D eigenvalue weighted by atomic mass is 79.9. The molecule has 0 aromatic heterocycles. The van der Waals surface area contributed by atoms with Crippen LogP contribution in [0.2, 0.25) is 0 Å². The van der Waals surface area contributed by atoms with E-state index in [1.165, 1.54) is 0 Å². The molecule has 1 aliphatic rings. The molecular weight excluding hydrogens is 258 g/mol. The smallest absolute Gasteiger partial charge is 0.174 e. The summed E-state index contributed by atoms with van der Waals surface area (Å²) in [5.41, 5.74) is 5.85. The van der Waals surface area contributed by atoms with E-state index in [1.807, 2.05) is 24.3 Å². The molecule has 0 aliphatic carbocycles. The lowest BCUT2D eigenvalue weighted by molar-refractivity contribution is -0.0816. The first-order valence-electron chi connectivity index (χ1n) is 4.76. The Morgan fingerprint density at radius 2 is 2.00 bits per heavy atom. The second-order valence-electron chi connectivity index (χ2n) is 3.81. The molecule has 15 heavy (non-hydrogen) atoms. The molecule has 1 aliphatic heterocycles. The molecule has 1 fully saturated rings. The molecule has 0 amide bonds. The van der Waals surface area contributed by atoms with Crippen molar-refractivity contribution in [3.8, 4) is 0 Å². The van der Waals surface area contributed by atoms with Crippen LogP contribution in [-0.4, -0.2) is 25.5 Å². The molecular formula is C11H12BrNO2. The number of carbonyl (C=O) groups is 1. The van der Waals surface area contributed by atoms with E-state index in [2.05, 4.69) is 15.9 Å². The van der Waals surface area contributed by atoms with Gasteiger partial charge >= 0.3 is 0 Å². The van der Waals surface area contributed by atoms with Crippen LogP contribution in [0.5, 0.6) is 0 Å². The maximum atomic E-state index is 12.1. The van der Waals surface area contributed by atoms with Gasteiger partial charge in [-0.2, -0.15) is 0 Å². The number of hydrogen-bond donors (Lipinski definition) is 1. The second-order valence-corrected chi connectivity index (χ2v) is 4.73. The van der Waals surface area contributed by atoms with Gasteiger partial charge in [0, 0.05) is 16.6 Å². The second kappa shape index (κ2) is 4.04. The summed E-state index contributed by atoms with van der Waals surface area (Å²) in [6.45, 7) is 1.23. The number of rotatable bonds is 3. The lowest BCUT2D eigenvalue weighted by atomic mass is 9.78. The van der Waals surface area contributed by atoms with Crippen LogP contribution in [0.25, 0.3) is 0 Å². The highest BCUT2D eigenvalue weighted by Crippen LogP contribution is 2.30. The van der Waals surface area contributed by atoms with E-state index in [4.69, 9.17) is 10.5 Å². The molecule has 1 heterocycles. The molecule has 0 spiro atoms. The van der Waals surface area contributed by atoms with E-state index in [0.717, 1.165) is 4.47 Å². The molecule has 3 nitrogen and oxygen atoms in total. The van der Waals surface area contributed by atoms with Crippen molar-refractivity contribution in [3.63, 3.8) is 0 Å². The number of hydrogen-bond acceptors (Lipinski definition) is 3. The Morgan fingerprint density at radius 1 is 1.40 bits per heavy atom. The summed E-state index contributed by atoms with van der Waals surface area (Å²) < 4.78 is 6.05. The van der Waals surface area contributed by atoms with Crippen LogP contribution < -0.4 is 5.73 Å². The van der Waals surface area contributed by atoms with E-state index in [0.29, 0.717) is 25.3 Å². The minimum absolute atomic E-state index is 0.0868. The average Bonchev–Trinajstić information content (AvgIpc) is 2.18. The third-order valence-electron chi connectivity index (χ3n) is 2.74. The van der Waals surface area contributed by atoms with Gasteiger partial charge in [0.05, 0.1) is 18.6 Å². The van der Waals surface area contributed by atoms with Crippen LogP contribution in [0.3, 0.4) is 0 Å². The lowest BCUT2D eigenvalue weighted by Gasteiger charge is -2.38. The highest BCUT2D eigenvalue weighted by molar-refractivity contribution is 9.10. The molecule has 1 aromatic carbocycles. The molecule has 0 saturated carbocycles. The van der Waals surface area contributed by atoms with Crippen molar-refractivity contribution in [1.82, 2.24) is 0 Å². The van der Waals surface area contributed by atoms with E-state index >= 15 is 0 Å². The zero-order valence-corrected chi connectivity index (χ0v) is 9.79. The van der Waals surface area contributed by atoms with E-state index in [9.17, 15) is 4.79 Å². The van der Waals surface area contributed by atoms with Gasteiger partial charge in [0.1, 0.15) is 0 Å². The summed E-state index contributed by atoms with van der Waals surface area (Å²) in [5, 5.41) is 0. The number of ketones is 1. The number of nitrogens with two attached hydrogens (primary N) is 1. The number of ether oxygens (including phenoxy) is 1. The van der Waals surface area contributed by atoms with Crippen LogP contribution in [0.15, 0.2) is 28.7 Å². The fourth-order valence-corrected chi connectivity index (χ4v) is 1.86. The number of Topliss-reactive ketones (excluding diaryl/α,β-unsaturated/α-hetero) is 1. The Kier molecular flexibility index (Phi) is 2.91. The number of benzene rings is 1. The summed E-state index contributed by atoms with van der Waals surface area (Å²) in [5.74, 6) is 0.0868. The van der Waals surface area contributed by atoms with Crippen molar-refractivity contribution >= 4 is 21.7 Å².